The lowest BCUT2D eigenvalue weighted by Crippen LogP contribution is -1.77. The number of rotatable bonds is 1. The normalized spacial score (nSPS) is 9.56. The maximum absolute atomic E-state index is 5.31. The second-order valence-electron chi connectivity index (χ2n) is 1.58. The van der Waals surface area contributed by atoms with E-state index in [1.54, 1.807) is 0 Å². The smallest absolute Gasteiger partial charge is 0.0237 e. The van der Waals surface area contributed by atoms with Crippen LogP contribution in [0.2, 0.25) is 0 Å². The zero-order valence-electron chi connectivity index (χ0n) is 4.67. The molecule has 9 heavy (non-hydrogen) atoms. The van der Waals surface area contributed by atoms with E-state index in [2.05, 4.69) is 15.9 Å². The largest absolute Gasteiger partial charge is 0.274 e. The van der Waals surface area contributed by atoms with Gasteiger partial charge in [0.25, 0.3) is 0 Å². The van der Waals surface area contributed by atoms with Gasteiger partial charge in [0.15, 0.2) is 0 Å². The number of hydrogen-bond acceptors (Lipinski definition) is 2. The summed E-state index contributed by atoms with van der Waals surface area (Å²) in [4.78, 5) is 1.07. The van der Waals surface area contributed by atoms with Crippen molar-refractivity contribution in [2.24, 2.45) is 5.14 Å². The van der Waals surface area contributed by atoms with Crippen LogP contribution in [0.25, 0.3) is 0 Å². The Bertz CT molecular complexity index is 202. The van der Waals surface area contributed by atoms with Crippen molar-refractivity contribution in [2.75, 3.05) is 0 Å². The molecule has 0 saturated carbocycles. The molecule has 0 amide bonds. The van der Waals surface area contributed by atoms with E-state index in [9.17, 15) is 0 Å². The third-order valence-corrected chi connectivity index (χ3v) is 1.95. The molecule has 48 valence electrons. The first-order chi connectivity index (χ1) is 4.33. The van der Waals surface area contributed by atoms with Gasteiger partial charge in [0.1, 0.15) is 0 Å². The quantitative estimate of drug-likeness (QED) is 0.711. The summed E-state index contributed by atoms with van der Waals surface area (Å²) in [5, 5.41) is 5.31. The fraction of sp³-hybridized carbons (Fsp3) is 0. The average molecular weight is 204 g/mol. The third kappa shape index (κ3) is 2.01. The second kappa shape index (κ2) is 3.25. The molecule has 1 nitrogen and oxygen atoms in total. The molecular formula is C6H6BrNS. The van der Waals surface area contributed by atoms with Crippen LogP contribution in [0.5, 0.6) is 0 Å². The first kappa shape index (κ1) is 7.12. The fourth-order valence-corrected chi connectivity index (χ4v) is 1.44. The molecule has 0 unspecified atom stereocenters. The van der Waals surface area contributed by atoms with Crippen LogP contribution >= 0.6 is 27.9 Å². The van der Waals surface area contributed by atoms with Crippen molar-refractivity contribution in [2.45, 2.75) is 4.90 Å². The molecule has 0 heterocycles. The summed E-state index contributed by atoms with van der Waals surface area (Å²) in [5.41, 5.74) is 0. The minimum Gasteiger partial charge on any atom is -0.274 e. The number of halogens is 1. The van der Waals surface area contributed by atoms with Crippen LogP contribution in [0.15, 0.2) is 33.6 Å². The van der Waals surface area contributed by atoms with Crippen LogP contribution in [-0.2, 0) is 0 Å². The zero-order valence-corrected chi connectivity index (χ0v) is 7.08. The van der Waals surface area contributed by atoms with Crippen molar-refractivity contribution in [3.8, 4) is 0 Å². The van der Waals surface area contributed by atoms with Gasteiger partial charge in [-0.2, -0.15) is 0 Å². The van der Waals surface area contributed by atoms with Crippen LogP contribution in [0.1, 0.15) is 0 Å². The summed E-state index contributed by atoms with van der Waals surface area (Å²) in [6.07, 6.45) is 0. The van der Waals surface area contributed by atoms with E-state index in [-0.39, 0.29) is 0 Å². The highest BCUT2D eigenvalue weighted by Gasteiger charge is 1.88. The van der Waals surface area contributed by atoms with E-state index in [4.69, 9.17) is 5.14 Å². The molecular weight excluding hydrogens is 198 g/mol. The molecule has 0 bridgehead atoms. The molecule has 0 aliphatic rings. The van der Waals surface area contributed by atoms with E-state index < -0.39 is 0 Å². The van der Waals surface area contributed by atoms with Crippen LogP contribution in [0, 0.1) is 0 Å². The Labute approximate surface area is 66.9 Å². The number of benzene rings is 1. The minimum atomic E-state index is 1.07. The van der Waals surface area contributed by atoms with E-state index in [0.717, 1.165) is 9.37 Å². The topological polar surface area (TPSA) is 26.0 Å². The van der Waals surface area contributed by atoms with Gasteiger partial charge in [0.2, 0.25) is 0 Å². The molecule has 0 aromatic heterocycles. The zero-order chi connectivity index (χ0) is 6.69. The van der Waals surface area contributed by atoms with Crippen molar-refractivity contribution in [1.29, 1.82) is 0 Å². The Morgan fingerprint density at radius 2 is 2.22 bits per heavy atom. The second-order valence-corrected chi connectivity index (χ2v) is 3.20. The fourth-order valence-electron chi connectivity index (χ4n) is 0.540. The number of hydrogen-bond donors (Lipinski definition) is 1. The molecule has 1 aromatic carbocycles. The van der Waals surface area contributed by atoms with Crippen LogP contribution < -0.4 is 5.14 Å². The summed E-state index contributed by atoms with van der Waals surface area (Å²) >= 11 is 4.59. The van der Waals surface area contributed by atoms with Gasteiger partial charge in [0.05, 0.1) is 0 Å². The van der Waals surface area contributed by atoms with E-state index in [1.807, 2.05) is 24.3 Å². The van der Waals surface area contributed by atoms with Gasteiger partial charge >= 0.3 is 0 Å². The molecule has 0 spiro atoms. The van der Waals surface area contributed by atoms with Crippen molar-refractivity contribution in [3.63, 3.8) is 0 Å². The highest BCUT2D eigenvalue weighted by atomic mass is 79.9. The average Bonchev–Trinajstić information content (AvgIpc) is 1.88. The van der Waals surface area contributed by atoms with E-state index in [1.165, 1.54) is 11.9 Å². The summed E-state index contributed by atoms with van der Waals surface area (Å²) in [5.74, 6) is 0. The van der Waals surface area contributed by atoms with Crippen molar-refractivity contribution >= 4 is 27.9 Å². The van der Waals surface area contributed by atoms with Gasteiger partial charge in [-0.1, -0.05) is 22.0 Å². The monoisotopic (exact) mass is 203 g/mol. The molecule has 0 aliphatic heterocycles. The Morgan fingerprint density at radius 1 is 1.44 bits per heavy atom. The first-order valence-electron chi connectivity index (χ1n) is 2.45. The lowest BCUT2D eigenvalue weighted by Gasteiger charge is -1.93. The SMILES string of the molecule is NSc1cccc(Br)c1. The Morgan fingerprint density at radius 3 is 2.67 bits per heavy atom. The van der Waals surface area contributed by atoms with Crippen LogP contribution in [-0.4, -0.2) is 0 Å². The first-order valence-corrected chi connectivity index (χ1v) is 4.12. The summed E-state index contributed by atoms with van der Waals surface area (Å²) < 4.78 is 1.07. The molecule has 1 rings (SSSR count). The molecule has 0 radical (unpaired) electrons. The van der Waals surface area contributed by atoms with Crippen LogP contribution in [0.3, 0.4) is 0 Å². The van der Waals surface area contributed by atoms with Gasteiger partial charge in [-0.15, -0.1) is 0 Å². The standard InChI is InChI=1S/C6H6BrNS/c7-5-2-1-3-6(4-5)9-8/h1-4H,8H2. The van der Waals surface area contributed by atoms with Crippen molar-refractivity contribution in [3.05, 3.63) is 28.7 Å². The van der Waals surface area contributed by atoms with Crippen LogP contribution in [0.4, 0.5) is 0 Å². The van der Waals surface area contributed by atoms with Gasteiger partial charge in [-0.25, -0.2) is 0 Å². The maximum atomic E-state index is 5.31. The maximum Gasteiger partial charge on any atom is 0.0237 e. The lowest BCUT2D eigenvalue weighted by atomic mass is 10.4. The molecule has 3 heteroatoms. The van der Waals surface area contributed by atoms with Gasteiger partial charge in [-0.3, -0.25) is 5.14 Å². The highest BCUT2D eigenvalue weighted by Crippen LogP contribution is 2.16. The van der Waals surface area contributed by atoms with Gasteiger partial charge in [-0.05, 0) is 30.1 Å². The Balaban J connectivity index is 2.94. The summed E-state index contributed by atoms with van der Waals surface area (Å²) in [6.45, 7) is 0. The van der Waals surface area contributed by atoms with Crippen molar-refractivity contribution in [1.82, 2.24) is 0 Å². The van der Waals surface area contributed by atoms with E-state index >= 15 is 0 Å². The molecule has 0 saturated heterocycles. The molecule has 2 N–H and O–H groups in total. The third-order valence-electron chi connectivity index (χ3n) is 0.932. The lowest BCUT2D eigenvalue weighted by molar-refractivity contribution is 1.43. The Hall–Kier alpha value is 0.01000. The predicted molar refractivity (Wildman–Crippen MR) is 44.2 cm³/mol. The molecule has 0 aliphatic carbocycles. The highest BCUT2D eigenvalue weighted by molar-refractivity contribution is 9.10. The predicted octanol–water partition coefficient (Wildman–Crippen LogP) is 2.41. The van der Waals surface area contributed by atoms with Gasteiger partial charge < -0.3 is 0 Å². The van der Waals surface area contributed by atoms with Gasteiger partial charge in [0, 0.05) is 9.37 Å². The molecule has 0 atom stereocenters. The van der Waals surface area contributed by atoms with E-state index in [0.29, 0.717) is 0 Å². The summed E-state index contributed by atoms with van der Waals surface area (Å²) in [6, 6.07) is 7.87. The summed E-state index contributed by atoms with van der Waals surface area (Å²) in [7, 11) is 0. The minimum absolute atomic E-state index is 1.07. The molecule has 0 fully saturated rings. The Kier molecular flexibility index (Phi) is 2.57. The number of nitrogens with two attached hydrogens (primary N) is 1. The van der Waals surface area contributed by atoms with Crippen molar-refractivity contribution < 1.29 is 0 Å². The molecule has 1 aromatic rings.